The number of nitrogens with two attached hydrogens (primary N) is 1. The zero-order valence-corrected chi connectivity index (χ0v) is 7.42. The van der Waals surface area contributed by atoms with Crippen LogP contribution in [0.2, 0.25) is 0 Å². The van der Waals surface area contributed by atoms with Crippen molar-refractivity contribution in [2.24, 2.45) is 0 Å². The summed E-state index contributed by atoms with van der Waals surface area (Å²) >= 11 is 0. The molecule has 1 aromatic carbocycles. The van der Waals surface area contributed by atoms with Crippen molar-refractivity contribution in [3.8, 4) is 5.75 Å². The van der Waals surface area contributed by atoms with Crippen LogP contribution < -0.4 is 10.5 Å². The van der Waals surface area contributed by atoms with Gasteiger partial charge in [0.05, 0.1) is 12.3 Å². The van der Waals surface area contributed by atoms with Crippen molar-refractivity contribution in [3.63, 3.8) is 0 Å². The second-order valence-electron chi connectivity index (χ2n) is 2.52. The lowest BCUT2D eigenvalue weighted by Crippen LogP contribution is -2.06. The molecule has 0 saturated carbocycles. The van der Waals surface area contributed by atoms with Crippen LogP contribution in [0.3, 0.4) is 0 Å². The smallest absolute Gasteiger partial charge is 0.145 e. The van der Waals surface area contributed by atoms with Gasteiger partial charge in [-0.2, -0.15) is 0 Å². The van der Waals surface area contributed by atoms with Crippen molar-refractivity contribution in [1.29, 1.82) is 0 Å². The summed E-state index contributed by atoms with van der Waals surface area (Å²) in [4.78, 5) is 0. The van der Waals surface area contributed by atoms with Crippen LogP contribution in [0, 0.1) is 5.82 Å². The molecule has 0 spiro atoms. The molecule has 0 aliphatic carbocycles. The molecule has 4 heteroatoms. The van der Waals surface area contributed by atoms with E-state index >= 15 is 0 Å². The predicted molar refractivity (Wildman–Crippen MR) is 48.2 cm³/mol. The van der Waals surface area contributed by atoms with Gasteiger partial charge in [-0.05, 0) is 12.1 Å². The third-order valence-corrected chi connectivity index (χ3v) is 1.52. The molecule has 0 bridgehead atoms. The summed E-state index contributed by atoms with van der Waals surface area (Å²) in [6.45, 7) is 0.820. The molecular formula is C9H12FNO2. The van der Waals surface area contributed by atoms with Crippen molar-refractivity contribution in [3.05, 3.63) is 24.0 Å². The number of benzene rings is 1. The topological polar surface area (TPSA) is 44.5 Å². The van der Waals surface area contributed by atoms with Crippen LogP contribution in [0.15, 0.2) is 18.2 Å². The van der Waals surface area contributed by atoms with Gasteiger partial charge in [-0.3, -0.25) is 0 Å². The van der Waals surface area contributed by atoms with E-state index < -0.39 is 0 Å². The zero-order chi connectivity index (χ0) is 9.68. The van der Waals surface area contributed by atoms with Crippen molar-refractivity contribution in [2.45, 2.75) is 0 Å². The molecule has 0 unspecified atom stereocenters. The highest BCUT2D eigenvalue weighted by Gasteiger charge is 2.01. The van der Waals surface area contributed by atoms with E-state index in [2.05, 4.69) is 0 Å². The third kappa shape index (κ3) is 2.91. The van der Waals surface area contributed by atoms with Gasteiger partial charge in [0.15, 0.2) is 0 Å². The van der Waals surface area contributed by atoms with Crippen LogP contribution >= 0.6 is 0 Å². The van der Waals surface area contributed by atoms with Gasteiger partial charge in [0.25, 0.3) is 0 Å². The summed E-state index contributed by atoms with van der Waals surface area (Å²) in [5.41, 5.74) is 5.97. The highest BCUT2D eigenvalue weighted by molar-refractivity contribution is 5.52. The van der Waals surface area contributed by atoms with E-state index in [1.54, 1.807) is 7.11 Å². The first kappa shape index (κ1) is 9.80. The van der Waals surface area contributed by atoms with E-state index in [0.717, 1.165) is 0 Å². The van der Waals surface area contributed by atoms with Gasteiger partial charge < -0.3 is 15.2 Å². The maximum Gasteiger partial charge on any atom is 0.145 e. The van der Waals surface area contributed by atoms with E-state index in [0.29, 0.717) is 24.7 Å². The van der Waals surface area contributed by atoms with Crippen LogP contribution in [0.1, 0.15) is 0 Å². The first-order valence-corrected chi connectivity index (χ1v) is 3.91. The van der Waals surface area contributed by atoms with Gasteiger partial charge >= 0.3 is 0 Å². The molecule has 72 valence electrons. The fourth-order valence-corrected chi connectivity index (χ4v) is 0.868. The van der Waals surface area contributed by atoms with Gasteiger partial charge in [0.2, 0.25) is 0 Å². The van der Waals surface area contributed by atoms with E-state index in [9.17, 15) is 4.39 Å². The monoisotopic (exact) mass is 185 g/mol. The first-order chi connectivity index (χ1) is 6.24. The van der Waals surface area contributed by atoms with Crippen LogP contribution in [-0.4, -0.2) is 20.3 Å². The zero-order valence-electron chi connectivity index (χ0n) is 7.42. The molecule has 3 nitrogen and oxygen atoms in total. The number of hydrogen-bond acceptors (Lipinski definition) is 3. The minimum absolute atomic E-state index is 0.358. The average Bonchev–Trinajstić information content (AvgIpc) is 2.11. The first-order valence-electron chi connectivity index (χ1n) is 3.91. The Morgan fingerprint density at radius 1 is 1.38 bits per heavy atom. The van der Waals surface area contributed by atoms with E-state index in [-0.39, 0.29) is 5.82 Å². The molecule has 0 amide bonds. The Morgan fingerprint density at radius 3 is 2.85 bits per heavy atom. The maximum absolute atomic E-state index is 12.7. The SMILES string of the molecule is COCCOc1cc(F)ccc1N. The number of halogens is 1. The Morgan fingerprint density at radius 2 is 2.15 bits per heavy atom. The Labute approximate surface area is 76.3 Å². The highest BCUT2D eigenvalue weighted by Crippen LogP contribution is 2.21. The lowest BCUT2D eigenvalue weighted by atomic mass is 10.3. The van der Waals surface area contributed by atoms with Crippen LogP contribution in [-0.2, 0) is 4.74 Å². The number of nitrogen functional groups attached to an aromatic ring is 1. The van der Waals surface area contributed by atoms with Gasteiger partial charge in [0, 0.05) is 13.2 Å². The molecule has 0 aliphatic rings. The Bertz CT molecular complexity index is 278. The largest absolute Gasteiger partial charge is 0.489 e. The lowest BCUT2D eigenvalue weighted by molar-refractivity contribution is 0.146. The van der Waals surface area contributed by atoms with Crippen molar-refractivity contribution >= 4 is 5.69 Å². The molecule has 0 radical (unpaired) electrons. The number of hydrogen-bond donors (Lipinski definition) is 1. The minimum atomic E-state index is -0.360. The fourth-order valence-electron chi connectivity index (χ4n) is 0.868. The van der Waals surface area contributed by atoms with E-state index in [1.807, 2.05) is 0 Å². The molecule has 0 aliphatic heterocycles. The summed E-state index contributed by atoms with van der Waals surface area (Å²) in [7, 11) is 1.57. The summed E-state index contributed by atoms with van der Waals surface area (Å²) in [5.74, 6) is -0.00123. The van der Waals surface area contributed by atoms with Gasteiger partial charge in [-0.25, -0.2) is 4.39 Å². The second-order valence-corrected chi connectivity index (χ2v) is 2.52. The summed E-state index contributed by atoms with van der Waals surface area (Å²) in [6, 6.07) is 4.01. The average molecular weight is 185 g/mol. The van der Waals surface area contributed by atoms with Gasteiger partial charge in [-0.15, -0.1) is 0 Å². The highest BCUT2D eigenvalue weighted by atomic mass is 19.1. The summed E-state index contributed by atoms with van der Waals surface area (Å²) in [6.07, 6.45) is 0. The molecule has 13 heavy (non-hydrogen) atoms. The molecule has 1 rings (SSSR count). The predicted octanol–water partition coefficient (Wildman–Crippen LogP) is 1.43. The summed E-state index contributed by atoms with van der Waals surface area (Å²) in [5, 5.41) is 0. The molecule has 0 heterocycles. The molecule has 0 aromatic heterocycles. The number of methoxy groups -OCH3 is 1. The molecule has 1 aromatic rings. The molecular weight excluding hydrogens is 173 g/mol. The molecule has 2 N–H and O–H groups in total. The Kier molecular flexibility index (Phi) is 3.52. The van der Waals surface area contributed by atoms with Crippen LogP contribution in [0.4, 0.5) is 10.1 Å². The standard InChI is InChI=1S/C9H12FNO2/c1-12-4-5-13-9-6-7(10)2-3-8(9)11/h2-3,6H,4-5,11H2,1H3. The number of rotatable bonds is 4. The Hall–Kier alpha value is -1.29. The fraction of sp³-hybridized carbons (Fsp3) is 0.333. The van der Waals surface area contributed by atoms with Gasteiger partial charge in [-0.1, -0.05) is 0 Å². The lowest BCUT2D eigenvalue weighted by Gasteiger charge is -2.07. The van der Waals surface area contributed by atoms with Crippen LogP contribution in [0.5, 0.6) is 5.75 Å². The minimum Gasteiger partial charge on any atom is -0.489 e. The maximum atomic E-state index is 12.7. The second kappa shape index (κ2) is 4.67. The van der Waals surface area contributed by atoms with E-state index in [4.69, 9.17) is 15.2 Å². The number of ether oxygens (including phenoxy) is 2. The molecule has 0 saturated heterocycles. The van der Waals surface area contributed by atoms with Gasteiger partial charge in [0.1, 0.15) is 18.2 Å². The van der Waals surface area contributed by atoms with Crippen molar-refractivity contribution in [1.82, 2.24) is 0 Å². The normalized spacial score (nSPS) is 10.0. The molecule has 0 atom stereocenters. The molecule has 0 fully saturated rings. The van der Waals surface area contributed by atoms with Crippen molar-refractivity contribution < 1.29 is 13.9 Å². The van der Waals surface area contributed by atoms with E-state index in [1.165, 1.54) is 18.2 Å². The van der Waals surface area contributed by atoms with Crippen LogP contribution in [0.25, 0.3) is 0 Å². The Balaban J connectivity index is 2.59. The third-order valence-electron chi connectivity index (χ3n) is 1.52. The summed E-state index contributed by atoms with van der Waals surface area (Å²) < 4.78 is 22.6. The van der Waals surface area contributed by atoms with Crippen molar-refractivity contribution in [2.75, 3.05) is 26.1 Å². The quantitative estimate of drug-likeness (QED) is 0.570. The number of anilines is 1.